The molecule has 0 fully saturated rings. The van der Waals surface area contributed by atoms with Crippen LogP contribution >= 0.6 is 0 Å². The zero-order valence-electron chi connectivity index (χ0n) is 14.9. The molecule has 1 heterocycles. The highest BCUT2D eigenvalue weighted by Gasteiger charge is 2.22. The molecule has 136 valence electrons. The van der Waals surface area contributed by atoms with Crippen LogP contribution in [0, 0.1) is 5.82 Å². The highest BCUT2D eigenvalue weighted by molar-refractivity contribution is 5.97. The van der Waals surface area contributed by atoms with Gasteiger partial charge in [-0.1, -0.05) is 18.2 Å². The Morgan fingerprint density at radius 2 is 1.70 bits per heavy atom. The SMILES string of the molecule is CC(=O)c1ccc(NC(=O)C(Cc2ccccn2)c2ccc(F)cc2)cc1. The van der Waals surface area contributed by atoms with E-state index in [4.69, 9.17) is 0 Å². The Labute approximate surface area is 157 Å². The second kappa shape index (κ2) is 8.36. The first-order chi connectivity index (χ1) is 13.0. The molecule has 1 atom stereocenters. The van der Waals surface area contributed by atoms with Crippen molar-refractivity contribution in [3.05, 3.63) is 95.6 Å². The van der Waals surface area contributed by atoms with Gasteiger partial charge in [-0.25, -0.2) is 4.39 Å². The van der Waals surface area contributed by atoms with Crippen LogP contribution in [-0.4, -0.2) is 16.7 Å². The van der Waals surface area contributed by atoms with E-state index in [1.54, 1.807) is 42.6 Å². The second-order valence-electron chi connectivity index (χ2n) is 6.25. The van der Waals surface area contributed by atoms with Crippen LogP contribution < -0.4 is 5.32 Å². The standard InChI is InChI=1S/C22H19FN2O2/c1-15(26)16-7-11-19(12-8-16)25-22(27)21(14-20-4-2-3-13-24-20)17-5-9-18(23)10-6-17/h2-13,21H,14H2,1H3,(H,25,27). The third kappa shape index (κ3) is 4.85. The van der Waals surface area contributed by atoms with Gasteiger partial charge in [0.05, 0.1) is 5.92 Å². The van der Waals surface area contributed by atoms with Crippen molar-refractivity contribution in [2.75, 3.05) is 5.32 Å². The largest absolute Gasteiger partial charge is 0.326 e. The topological polar surface area (TPSA) is 59.1 Å². The molecule has 0 bridgehead atoms. The van der Waals surface area contributed by atoms with E-state index in [1.165, 1.54) is 19.1 Å². The van der Waals surface area contributed by atoms with Crippen molar-refractivity contribution in [1.82, 2.24) is 4.98 Å². The van der Waals surface area contributed by atoms with Gasteiger partial charge in [0.2, 0.25) is 5.91 Å². The minimum absolute atomic E-state index is 0.0350. The predicted molar refractivity (Wildman–Crippen MR) is 102 cm³/mol. The normalized spacial score (nSPS) is 11.6. The Bertz CT molecular complexity index is 923. The fraction of sp³-hybridized carbons (Fsp3) is 0.136. The number of nitrogens with zero attached hydrogens (tertiary/aromatic N) is 1. The zero-order valence-corrected chi connectivity index (χ0v) is 14.9. The quantitative estimate of drug-likeness (QED) is 0.662. The van der Waals surface area contributed by atoms with Crippen LogP contribution in [0.15, 0.2) is 72.9 Å². The third-order valence-corrected chi connectivity index (χ3v) is 4.29. The molecule has 1 aromatic heterocycles. The van der Waals surface area contributed by atoms with Crippen LogP contribution in [0.3, 0.4) is 0 Å². The molecule has 5 heteroatoms. The highest BCUT2D eigenvalue weighted by atomic mass is 19.1. The summed E-state index contributed by atoms with van der Waals surface area (Å²) >= 11 is 0. The number of hydrogen-bond donors (Lipinski definition) is 1. The van der Waals surface area contributed by atoms with Crippen LogP contribution in [0.25, 0.3) is 0 Å². The van der Waals surface area contributed by atoms with Gasteiger partial charge in [0.15, 0.2) is 5.78 Å². The lowest BCUT2D eigenvalue weighted by Gasteiger charge is -2.17. The van der Waals surface area contributed by atoms with Crippen molar-refractivity contribution >= 4 is 17.4 Å². The van der Waals surface area contributed by atoms with E-state index in [-0.39, 0.29) is 17.5 Å². The van der Waals surface area contributed by atoms with E-state index in [1.807, 2.05) is 18.2 Å². The van der Waals surface area contributed by atoms with E-state index in [2.05, 4.69) is 10.3 Å². The molecule has 0 radical (unpaired) electrons. The van der Waals surface area contributed by atoms with E-state index in [0.29, 0.717) is 23.2 Å². The number of anilines is 1. The lowest BCUT2D eigenvalue weighted by atomic mass is 9.93. The summed E-state index contributed by atoms with van der Waals surface area (Å²) < 4.78 is 13.3. The number of Topliss-reactive ketones (excluding diaryl/α,β-unsaturated/α-hetero) is 1. The molecular formula is C22H19FN2O2. The molecular weight excluding hydrogens is 343 g/mol. The second-order valence-corrected chi connectivity index (χ2v) is 6.25. The maximum atomic E-state index is 13.3. The summed E-state index contributed by atoms with van der Waals surface area (Å²) in [5, 5.41) is 2.87. The molecule has 0 aliphatic heterocycles. The van der Waals surface area contributed by atoms with Gasteiger partial charge in [0.1, 0.15) is 5.82 Å². The Kier molecular flexibility index (Phi) is 5.71. The maximum Gasteiger partial charge on any atom is 0.232 e. The summed E-state index contributed by atoms with van der Waals surface area (Å²) in [6.07, 6.45) is 2.07. The summed E-state index contributed by atoms with van der Waals surface area (Å²) in [6, 6.07) is 18.2. The number of amides is 1. The molecule has 0 saturated carbocycles. The smallest absolute Gasteiger partial charge is 0.232 e. The maximum absolute atomic E-state index is 13.3. The number of benzene rings is 2. The average molecular weight is 362 g/mol. The van der Waals surface area contributed by atoms with E-state index in [9.17, 15) is 14.0 Å². The number of aromatic nitrogens is 1. The molecule has 1 unspecified atom stereocenters. The third-order valence-electron chi connectivity index (χ3n) is 4.29. The minimum atomic E-state index is -0.520. The molecule has 0 spiro atoms. The number of nitrogens with one attached hydrogen (secondary N) is 1. The average Bonchev–Trinajstić information content (AvgIpc) is 2.68. The van der Waals surface area contributed by atoms with E-state index >= 15 is 0 Å². The first-order valence-electron chi connectivity index (χ1n) is 8.60. The lowest BCUT2D eigenvalue weighted by Crippen LogP contribution is -2.23. The van der Waals surface area contributed by atoms with Crippen molar-refractivity contribution in [2.45, 2.75) is 19.3 Å². The number of rotatable bonds is 6. The molecule has 27 heavy (non-hydrogen) atoms. The van der Waals surface area contributed by atoms with Crippen LogP contribution in [-0.2, 0) is 11.2 Å². The Balaban J connectivity index is 1.83. The number of carbonyl (C=O) groups excluding carboxylic acids is 2. The predicted octanol–water partition coefficient (Wildman–Crippen LogP) is 4.39. The van der Waals surface area contributed by atoms with Gasteiger partial charge in [-0.3, -0.25) is 14.6 Å². The van der Waals surface area contributed by atoms with Gasteiger partial charge in [-0.2, -0.15) is 0 Å². The van der Waals surface area contributed by atoms with Crippen molar-refractivity contribution in [1.29, 1.82) is 0 Å². The summed E-state index contributed by atoms with van der Waals surface area (Å²) in [6.45, 7) is 1.49. The fourth-order valence-corrected chi connectivity index (χ4v) is 2.80. The molecule has 3 aromatic rings. The molecule has 3 rings (SSSR count). The molecule has 0 saturated heterocycles. The summed E-state index contributed by atoms with van der Waals surface area (Å²) in [5.41, 5.74) is 2.66. The van der Waals surface area contributed by atoms with E-state index < -0.39 is 5.92 Å². The van der Waals surface area contributed by atoms with Gasteiger partial charge in [0.25, 0.3) is 0 Å². The number of hydrogen-bond acceptors (Lipinski definition) is 3. The number of halogens is 1. The van der Waals surface area contributed by atoms with Gasteiger partial charge in [-0.15, -0.1) is 0 Å². The number of ketones is 1. The van der Waals surface area contributed by atoms with Crippen LogP contribution in [0.4, 0.5) is 10.1 Å². The Morgan fingerprint density at radius 3 is 2.30 bits per heavy atom. The first-order valence-corrected chi connectivity index (χ1v) is 8.60. The number of carbonyl (C=O) groups is 2. The van der Waals surface area contributed by atoms with E-state index in [0.717, 1.165) is 5.69 Å². The minimum Gasteiger partial charge on any atom is -0.326 e. The van der Waals surface area contributed by atoms with Crippen molar-refractivity contribution in [3.63, 3.8) is 0 Å². The van der Waals surface area contributed by atoms with Gasteiger partial charge in [0, 0.05) is 29.6 Å². The molecule has 1 amide bonds. The van der Waals surface area contributed by atoms with Crippen LogP contribution in [0.2, 0.25) is 0 Å². The molecule has 0 aliphatic rings. The summed E-state index contributed by atoms with van der Waals surface area (Å²) in [4.78, 5) is 28.6. The van der Waals surface area contributed by atoms with Crippen LogP contribution in [0.1, 0.15) is 34.5 Å². The zero-order chi connectivity index (χ0) is 19.2. The molecule has 2 aromatic carbocycles. The molecule has 0 aliphatic carbocycles. The summed E-state index contributed by atoms with van der Waals surface area (Å²) in [5.74, 6) is -1.13. The van der Waals surface area contributed by atoms with Crippen molar-refractivity contribution in [2.24, 2.45) is 0 Å². The fourth-order valence-electron chi connectivity index (χ4n) is 2.80. The molecule has 4 nitrogen and oxygen atoms in total. The number of pyridine rings is 1. The van der Waals surface area contributed by atoms with Crippen molar-refractivity contribution < 1.29 is 14.0 Å². The highest BCUT2D eigenvalue weighted by Crippen LogP contribution is 2.23. The van der Waals surface area contributed by atoms with Crippen molar-refractivity contribution in [3.8, 4) is 0 Å². The van der Waals surface area contributed by atoms with Gasteiger partial charge < -0.3 is 5.32 Å². The first kappa shape index (κ1) is 18.5. The van der Waals surface area contributed by atoms with Gasteiger partial charge >= 0.3 is 0 Å². The monoisotopic (exact) mass is 362 g/mol. The van der Waals surface area contributed by atoms with Gasteiger partial charge in [-0.05, 0) is 61.0 Å². The lowest BCUT2D eigenvalue weighted by molar-refractivity contribution is -0.117. The Hall–Kier alpha value is -3.34. The molecule has 1 N–H and O–H groups in total. The summed E-state index contributed by atoms with van der Waals surface area (Å²) in [7, 11) is 0. The van der Waals surface area contributed by atoms with Crippen LogP contribution in [0.5, 0.6) is 0 Å². The Morgan fingerprint density at radius 1 is 1.00 bits per heavy atom.